The molecule has 13 heavy (non-hydrogen) atoms. The van der Waals surface area contributed by atoms with E-state index in [0.717, 1.165) is 25.3 Å². The summed E-state index contributed by atoms with van der Waals surface area (Å²) in [6.07, 6.45) is 10.1. The summed E-state index contributed by atoms with van der Waals surface area (Å²) >= 11 is 0. The van der Waals surface area contributed by atoms with Gasteiger partial charge in [-0.15, -0.1) is 0 Å². The Kier molecular flexibility index (Phi) is 2.67. The quantitative estimate of drug-likeness (QED) is 0.658. The molecule has 0 aliphatic heterocycles. The summed E-state index contributed by atoms with van der Waals surface area (Å²) in [6, 6.07) is 0. The summed E-state index contributed by atoms with van der Waals surface area (Å²) in [4.78, 5) is 11.5. The lowest BCUT2D eigenvalue weighted by molar-refractivity contribution is -0.124. The Hall–Kier alpha value is -0.790. The van der Waals surface area contributed by atoms with Gasteiger partial charge in [0.2, 0.25) is 5.91 Å². The van der Waals surface area contributed by atoms with Crippen molar-refractivity contribution < 1.29 is 4.79 Å². The van der Waals surface area contributed by atoms with E-state index in [-0.39, 0.29) is 11.8 Å². The van der Waals surface area contributed by atoms with Gasteiger partial charge in [0.15, 0.2) is 0 Å². The molecule has 0 unspecified atom stereocenters. The van der Waals surface area contributed by atoms with Crippen molar-refractivity contribution in [3.05, 3.63) is 12.2 Å². The molecule has 2 aliphatic rings. The van der Waals surface area contributed by atoms with Gasteiger partial charge in [-0.05, 0) is 31.6 Å². The Labute approximate surface area is 79.4 Å². The van der Waals surface area contributed by atoms with Crippen LogP contribution in [0, 0.1) is 11.8 Å². The van der Waals surface area contributed by atoms with Gasteiger partial charge >= 0.3 is 0 Å². The van der Waals surface area contributed by atoms with Crippen LogP contribution in [0.25, 0.3) is 0 Å². The molecule has 72 valence electrons. The second-order valence-corrected chi connectivity index (χ2v) is 4.18. The van der Waals surface area contributed by atoms with Crippen molar-refractivity contribution in [1.29, 1.82) is 0 Å². The van der Waals surface area contributed by atoms with Crippen LogP contribution in [-0.4, -0.2) is 12.5 Å². The highest BCUT2D eigenvalue weighted by molar-refractivity contribution is 5.79. The van der Waals surface area contributed by atoms with Crippen LogP contribution in [0.1, 0.15) is 32.1 Å². The highest BCUT2D eigenvalue weighted by Gasteiger charge is 2.22. The first kappa shape index (κ1) is 8.79. The largest absolute Gasteiger partial charge is 0.356 e. The van der Waals surface area contributed by atoms with Gasteiger partial charge in [-0.25, -0.2) is 0 Å². The topological polar surface area (TPSA) is 29.1 Å². The fourth-order valence-electron chi connectivity index (χ4n) is 1.92. The molecule has 0 heterocycles. The summed E-state index contributed by atoms with van der Waals surface area (Å²) in [5.41, 5.74) is 0. The third-order valence-corrected chi connectivity index (χ3v) is 3.17. The van der Waals surface area contributed by atoms with E-state index in [1.807, 2.05) is 0 Å². The molecule has 0 aromatic carbocycles. The number of allylic oxidation sites excluding steroid dienone is 2. The van der Waals surface area contributed by atoms with E-state index >= 15 is 0 Å². The molecule has 0 spiro atoms. The zero-order chi connectivity index (χ0) is 9.10. The predicted molar refractivity (Wildman–Crippen MR) is 52.2 cm³/mol. The van der Waals surface area contributed by atoms with Crippen LogP contribution in [0.15, 0.2) is 12.2 Å². The highest BCUT2D eigenvalue weighted by Crippen LogP contribution is 2.25. The normalized spacial score (nSPS) is 23.1. The van der Waals surface area contributed by atoms with E-state index in [2.05, 4.69) is 17.5 Å². The highest BCUT2D eigenvalue weighted by atomic mass is 16.1. The van der Waals surface area contributed by atoms with Crippen molar-refractivity contribution in [2.75, 3.05) is 6.54 Å². The van der Waals surface area contributed by atoms with Crippen LogP contribution in [0.3, 0.4) is 0 Å². The van der Waals surface area contributed by atoms with Gasteiger partial charge in [0, 0.05) is 12.5 Å². The lowest BCUT2D eigenvalue weighted by atomic mass is 9.85. The Morgan fingerprint density at radius 1 is 1.31 bits per heavy atom. The van der Waals surface area contributed by atoms with Gasteiger partial charge < -0.3 is 5.32 Å². The van der Waals surface area contributed by atoms with Crippen LogP contribution < -0.4 is 5.32 Å². The second kappa shape index (κ2) is 3.95. The third-order valence-electron chi connectivity index (χ3n) is 3.17. The van der Waals surface area contributed by atoms with Crippen molar-refractivity contribution in [1.82, 2.24) is 5.32 Å². The standard InChI is InChI=1S/C11H17NO/c13-11(10-6-1-2-7-10)12-8-9-4-3-5-9/h1-2,9-10H,3-8H2,(H,12,13). The van der Waals surface area contributed by atoms with Crippen LogP contribution in [0.2, 0.25) is 0 Å². The van der Waals surface area contributed by atoms with E-state index < -0.39 is 0 Å². The molecule has 0 aromatic rings. The number of nitrogens with one attached hydrogen (secondary N) is 1. The van der Waals surface area contributed by atoms with Crippen LogP contribution in [0.4, 0.5) is 0 Å². The smallest absolute Gasteiger partial charge is 0.223 e. The molecular formula is C11H17NO. The Balaban J connectivity index is 1.65. The van der Waals surface area contributed by atoms with Gasteiger partial charge in [-0.3, -0.25) is 4.79 Å². The molecule has 0 bridgehead atoms. The van der Waals surface area contributed by atoms with Crippen LogP contribution >= 0.6 is 0 Å². The van der Waals surface area contributed by atoms with Gasteiger partial charge in [0.05, 0.1) is 0 Å². The lowest BCUT2D eigenvalue weighted by Crippen LogP contribution is -2.35. The van der Waals surface area contributed by atoms with E-state index in [4.69, 9.17) is 0 Å². The average molecular weight is 179 g/mol. The van der Waals surface area contributed by atoms with E-state index in [1.165, 1.54) is 19.3 Å². The zero-order valence-electron chi connectivity index (χ0n) is 7.96. The van der Waals surface area contributed by atoms with Crippen molar-refractivity contribution >= 4 is 5.91 Å². The molecular weight excluding hydrogens is 162 g/mol. The molecule has 2 heteroatoms. The molecule has 2 aliphatic carbocycles. The first-order chi connectivity index (χ1) is 6.36. The lowest BCUT2D eigenvalue weighted by Gasteiger charge is -2.26. The van der Waals surface area contributed by atoms with Crippen molar-refractivity contribution in [3.63, 3.8) is 0 Å². The van der Waals surface area contributed by atoms with E-state index in [1.54, 1.807) is 0 Å². The summed E-state index contributed by atoms with van der Waals surface area (Å²) in [7, 11) is 0. The van der Waals surface area contributed by atoms with Crippen LogP contribution in [-0.2, 0) is 4.79 Å². The van der Waals surface area contributed by atoms with Crippen molar-refractivity contribution in [3.8, 4) is 0 Å². The summed E-state index contributed by atoms with van der Waals surface area (Å²) in [5.74, 6) is 1.27. The summed E-state index contributed by atoms with van der Waals surface area (Å²) < 4.78 is 0. The first-order valence-corrected chi connectivity index (χ1v) is 5.29. The van der Waals surface area contributed by atoms with Gasteiger partial charge in [0.25, 0.3) is 0 Å². The summed E-state index contributed by atoms with van der Waals surface area (Å²) in [5, 5.41) is 3.05. The molecule has 0 saturated heterocycles. The number of hydrogen-bond acceptors (Lipinski definition) is 1. The maximum atomic E-state index is 11.5. The fourth-order valence-corrected chi connectivity index (χ4v) is 1.92. The third kappa shape index (κ3) is 2.11. The maximum absolute atomic E-state index is 11.5. The number of hydrogen-bond donors (Lipinski definition) is 1. The van der Waals surface area contributed by atoms with Crippen LogP contribution in [0.5, 0.6) is 0 Å². The molecule has 0 radical (unpaired) electrons. The Morgan fingerprint density at radius 2 is 2.00 bits per heavy atom. The monoisotopic (exact) mass is 179 g/mol. The predicted octanol–water partition coefficient (Wildman–Crippen LogP) is 1.87. The van der Waals surface area contributed by atoms with Gasteiger partial charge in [-0.2, -0.15) is 0 Å². The van der Waals surface area contributed by atoms with E-state index in [0.29, 0.717) is 0 Å². The molecule has 1 amide bonds. The van der Waals surface area contributed by atoms with Crippen molar-refractivity contribution in [2.24, 2.45) is 11.8 Å². The molecule has 1 N–H and O–H groups in total. The number of amides is 1. The Morgan fingerprint density at radius 3 is 2.54 bits per heavy atom. The Bertz CT molecular complexity index is 210. The second-order valence-electron chi connectivity index (χ2n) is 4.18. The molecule has 0 atom stereocenters. The number of carbonyl (C=O) groups is 1. The molecule has 2 rings (SSSR count). The first-order valence-electron chi connectivity index (χ1n) is 5.29. The van der Waals surface area contributed by atoms with Crippen molar-refractivity contribution in [2.45, 2.75) is 32.1 Å². The van der Waals surface area contributed by atoms with Gasteiger partial charge in [0.1, 0.15) is 0 Å². The number of rotatable bonds is 3. The summed E-state index contributed by atoms with van der Waals surface area (Å²) in [6.45, 7) is 0.912. The van der Waals surface area contributed by atoms with Gasteiger partial charge in [-0.1, -0.05) is 18.6 Å². The zero-order valence-corrected chi connectivity index (χ0v) is 7.96. The molecule has 0 aromatic heterocycles. The fraction of sp³-hybridized carbons (Fsp3) is 0.727. The minimum Gasteiger partial charge on any atom is -0.356 e. The average Bonchev–Trinajstić information content (AvgIpc) is 2.52. The minimum absolute atomic E-state index is 0.236. The van der Waals surface area contributed by atoms with E-state index in [9.17, 15) is 4.79 Å². The number of carbonyl (C=O) groups excluding carboxylic acids is 1. The molecule has 2 nitrogen and oxygen atoms in total. The molecule has 1 fully saturated rings. The SMILES string of the molecule is O=C(NCC1CCC1)C1CC=CC1. The molecule has 1 saturated carbocycles. The maximum Gasteiger partial charge on any atom is 0.223 e. The minimum atomic E-state index is 0.236.